The summed E-state index contributed by atoms with van der Waals surface area (Å²) >= 11 is 1.58. The smallest absolute Gasteiger partial charge is 0.236 e. The lowest BCUT2D eigenvalue weighted by atomic mass is 10.2. The molecule has 142 valence electrons. The van der Waals surface area contributed by atoms with Gasteiger partial charge in [0.2, 0.25) is 11.8 Å². The molecule has 6 heteroatoms. The van der Waals surface area contributed by atoms with Crippen LogP contribution in [0.4, 0.5) is 0 Å². The number of thiophene rings is 1. The first kappa shape index (κ1) is 19.3. The molecule has 0 fully saturated rings. The zero-order chi connectivity index (χ0) is 19.2. The van der Waals surface area contributed by atoms with E-state index in [2.05, 4.69) is 9.88 Å². The average molecular weight is 384 g/mol. The maximum atomic E-state index is 13.0. The Morgan fingerprint density at radius 1 is 1.11 bits per heavy atom. The summed E-state index contributed by atoms with van der Waals surface area (Å²) in [5.41, 5.74) is 1.84. The van der Waals surface area contributed by atoms with Crippen molar-refractivity contribution in [2.24, 2.45) is 0 Å². The Bertz CT molecular complexity index is 857. The van der Waals surface area contributed by atoms with Crippen LogP contribution >= 0.6 is 11.3 Å². The molecule has 0 N–H and O–H groups in total. The second kappa shape index (κ2) is 8.97. The van der Waals surface area contributed by atoms with Crippen LogP contribution in [0.3, 0.4) is 0 Å². The van der Waals surface area contributed by atoms with Crippen LogP contribution in [-0.2, 0) is 17.8 Å². The molecule has 5 nitrogen and oxygen atoms in total. The van der Waals surface area contributed by atoms with Crippen LogP contribution < -0.4 is 0 Å². The maximum Gasteiger partial charge on any atom is 0.236 e. The number of amides is 1. The summed E-state index contributed by atoms with van der Waals surface area (Å²) in [6.45, 7) is 3.96. The van der Waals surface area contributed by atoms with E-state index in [4.69, 9.17) is 4.42 Å². The maximum absolute atomic E-state index is 13.0. The van der Waals surface area contributed by atoms with Crippen LogP contribution in [0.5, 0.6) is 0 Å². The normalized spacial score (nSPS) is 11.1. The summed E-state index contributed by atoms with van der Waals surface area (Å²) in [5, 5.41) is 1.99. The Hall–Kier alpha value is -2.44. The van der Waals surface area contributed by atoms with Crippen LogP contribution in [0.2, 0.25) is 0 Å². The Balaban J connectivity index is 1.73. The van der Waals surface area contributed by atoms with Gasteiger partial charge in [0, 0.05) is 19.6 Å². The Morgan fingerprint density at radius 2 is 1.89 bits per heavy atom. The molecule has 0 saturated carbocycles. The summed E-state index contributed by atoms with van der Waals surface area (Å²) in [6, 6.07) is 14.0. The van der Waals surface area contributed by atoms with Gasteiger partial charge in [-0.2, -0.15) is 0 Å². The van der Waals surface area contributed by atoms with Gasteiger partial charge in [-0.1, -0.05) is 36.4 Å². The number of hydrogen-bond donors (Lipinski definition) is 0. The molecular weight excluding hydrogens is 358 g/mol. The number of benzene rings is 1. The molecule has 0 aliphatic rings. The van der Waals surface area contributed by atoms with E-state index in [1.165, 1.54) is 0 Å². The van der Waals surface area contributed by atoms with E-state index in [0.717, 1.165) is 17.0 Å². The van der Waals surface area contributed by atoms with Crippen molar-refractivity contribution in [3.8, 4) is 10.8 Å². The third kappa shape index (κ3) is 5.28. The molecule has 27 heavy (non-hydrogen) atoms. The van der Waals surface area contributed by atoms with Gasteiger partial charge in [0.15, 0.2) is 0 Å². The van der Waals surface area contributed by atoms with Gasteiger partial charge < -0.3 is 14.2 Å². The fourth-order valence-electron chi connectivity index (χ4n) is 2.77. The average Bonchev–Trinajstić information content (AvgIpc) is 3.29. The van der Waals surface area contributed by atoms with Crippen molar-refractivity contribution < 1.29 is 9.21 Å². The minimum atomic E-state index is 0.0647. The SMILES string of the molecule is Cc1oc(-c2cccs2)nc1CC(=O)N(CCN(C)C)Cc1ccccc1. The quantitative estimate of drug-likeness (QED) is 0.593. The van der Waals surface area contributed by atoms with Crippen LogP contribution in [0, 0.1) is 6.92 Å². The van der Waals surface area contributed by atoms with Crippen molar-refractivity contribution in [1.29, 1.82) is 0 Å². The van der Waals surface area contributed by atoms with Crippen molar-refractivity contribution >= 4 is 17.2 Å². The van der Waals surface area contributed by atoms with E-state index in [1.807, 2.05) is 73.8 Å². The van der Waals surface area contributed by atoms with Crippen molar-refractivity contribution in [2.45, 2.75) is 19.9 Å². The van der Waals surface area contributed by atoms with Crippen LogP contribution in [0.25, 0.3) is 10.8 Å². The number of hydrogen-bond acceptors (Lipinski definition) is 5. The van der Waals surface area contributed by atoms with E-state index in [-0.39, 0.29) is 12.3 Å². The summed E-state index contributed by atoms with van der Waals surface area (Å²) in [5.74, 6) is 1.36. The Morgan fingerprint density at radius 3 is 2.56 bits per heavy atom. The van der Waals surface area contributed by atoms with Gasteiger partial charge in [0.05, 0.1) is 17.0 Å². The van der Waals surface area contributed by atoms with E-state index >= 15 is 0 Å². The predicted molar refractivity (Wildman–Crippen MR) is 109 cm³/mol. The van der Waals surface area contributed by atoms with E-state index in [9.17, 15) is 4.79 Å². The summed E-state index contributed by atoms with van der Waals surface area (Å²) in [6.07, 6.45) is 0.251. The number of carbonyl (C=O) groups excluding carboxylic acids is 1. The van der Waals surface area contributed by atoms with Crippen molar-refractivity contribution in [2.75, 3.05) is 27.2 Å². The monoisotopic (exact) mass is 383 g/mol. The van der Waals surface area contributed by atoms with Gasteiger partial charge in [-0.25, -0.2) is 4.98 Å². The minimum absolute atomic E-state index is 0.0647. The molecule has 0 spiro atoms. The second-order valence-electron chi connectivity index (χ2n) is 6.78. The first-order valence-corrected chi connectivity index (χ1v) is 9.87. The van der Waals surface area contributed by atoms with Gasteiger partial charge in [-0.05, 0) is 38.0 Å². The second-order valence-corrected chi connectivity index (χ2v) is 7.73. The third-order valence-corrected chi connectivity index (χ3v) is 5.19. The molecule has 0 saturated heterocycles. The van der Waals surface area contributed by atoms with Crippen molar-refractivity contribution in [3.05, 3.63) is 64.9 Å². The van der Waals surface area contributed by atoms with E-state index < -0.39 is 0 Å². The molecule has 0 unspecified atom stereocenters. The lowest BCUT2D eigenvalue weighted by Crippen LogP contribution is -2.37. The van der Waals surface area contributed by atoms with Gasteiger partial charge in [0.25, 0.3) is 0 Å². The molecule has 0 aliphatic carbocycles. The topological polar surface area (TPSA) is 49.6 Å². The molecule has 0 aliphatic heterocycles. The van der Waals surface area contributed by atoms with E-state index in [1.54, 1.807) is 11.3 Å². The molecule has 2 aromatic heterocycles. The van der Waals surface area contributed by atoms with Gasteiger partial charge in [-0.3, -0.25) is 4.79 Å². The highest BCUT2D eigenvalue weighted by molar-refractivity contribution is 7.13. The number of aryl methyl sites for hydroxylation is 1. The predicted octanol–water partition coefficient (Wildman–Crippen LogP) is 3.84. The summed E-state index contributed by atoms with van der Waals surface area (Å²) in [7, 11) is 4.03. The van der Waals surface area contributed by atoms with Crippen LogP contribution in [-0.4, -0.2) is 47.9 Å². The van der Waals surface area contributed by atoms with Crippen molar-refractivity contribution in [3.63, 3.8) is 0 Å². The fraction of sp³-hybridized carbons (Fsp3) is 0.333. The third-order valence-electron chi connectivity index (χ3n) is 4.33. The molecule has 0 bridgehead atoms. The standard InChI is InChI=1S/C21H25N3O2S/c1-16-18(22-21(26-16)19-10-7-13-27-19)14-20(25)24(12-11-23(2)3)15-17-8-5-4-6-9-17/h4-10,13H,11-12,14-15H2,1-3H3. The zero-order valence-electron chi connectivity index (χ0n) is 16.0. The molecule has 3 rings (SSSR count). The first-order valence-electron chi connectivity index (χ1n) is 8.99. The highest BCUT2D eigenvalue weighted by atomic mass is 32.1. The Labute approximate surface area is 164 Å². The Kier molecular flexibility index (Phi) is 6.42. The first-order chi connectivity index (χ1) is 13.0. The minimum Gasteiger partial charge on any atom is -0.440 e. The number of aromatic nitrogens is 1. The summed E-state index contributed by atoms with van der Waals surface area (Å²) < 4.78 is 5.78. The number of likely N-dealkylation sites (N-methyl/N-ethyl adjacent to an activating group) is 1. The number of rotatable bonds is 8. The van der Waals surface area contributed by atoms with E-state index in [0.29, 0.717) is 30.4 Å². The number of nitrogens with zero attached hydrogens (tertiary/aromatic N) is 3. The lowest BCUT2D eigenvalue weighted by molar-refractivity contribution is -0.131. The molecule has 0 atom stereocenters. The molecule has 1 amide bonds. The summed E-state index contributed by atoms with van der Waals surface area (Å²) in [4.78, 5) is 22.5. The molecule has 0 radical (unpaired) electrons. The largest absolute Gasteiger partial charge is 0.440 e. The van der Waals surface area contributed by atoms with Gasteiger partial charge >= 0.3 is 0 Å². The molecule has 3 aromatic rings. The fourth-order valence-corrected chi connectivity index (χ4v) is 3.42. The zero-order valence-corrected chi connectivity index (χ0v) is 16.8. The van der Waals surface area contributed by atoms with Gasteiger partial charge in [-0.15, -0.1) is 11.3 Å². The number of carbonyl (C=O) groups is 1. The highest BCUT2D eigenvalue weighted by Crippen LogP contribution is 2.26. The lowest BCUT2D eigenvalue weighted by Gasteiger charge is -2.24. The number of oxazole rings is 1. The molecule has 2 heterocycles. The van der Waals surface area contributed by atoms with Crippen molar-refractivity contribution in [1.82, 2.24) is 14.8 Å². The van der Waals surface area contributed by atoms with Gasteiger partial charge in [0.1, 0.15) is 5.76 Å². The molecule has 1 aromatic carbocycles. The molecular formula is C21H25N3O2S. The highest BCUT2D eigenvalue weighted by Gasteiger charge is 2.20. The van der Waals surface area contributed by atoms with Crippen LogP contribution in [0.1, 0.15) is 17.0 Å². The van der Waals surface area contributed by atoms with Crippen LogP contribution in [0.15, 0.2) is 52.3 Å².